The summed E-state index contributed by atoms with van der Waals surface area (Å²) in [5.41, 5.74) is 0.468. The van der Waals surface area contributed by atoms with Gasteiger partial charge < -0.3 is 10.0 Å². The first kappa shape index (κ1) is 20.6. The van der Waals surface area contributed by atoms with Crippen LogP contribution in [0.2, 0.25) is 0 Å². The van der Waals surface area contributed by atoms with Crippen molar-refractivity contribution in [2.75, 3.05) is 39.3 Å². The quantitative estimate of drug-likeness (QED) is 0.648. The number of nitrogens with zero attached hydrogens (tertiary/aromatic N) is 4. The molecule has 1 spiro atoms. The van der Waals surface area contributed by atoms with Gasteiger partial charge in [0.15, 0.2) is 0 Å². The Bertz CT molecular complexity index is 870. The Labute approximate surface area is 182 Å². The molecular formula is C23H30N4O4. The molecule has 0 radical (unpaired) electrons. The van der Waals surface area contributed by atoms with Gasteiger partial charge in [-0.15, -0.1) is 0 Å². The van der Waals surface area contributed by atoms with Crippen LogP contribution in [0.25, 0.3) is 0 Å². The predicted molar refractivity (Wildman–Crippen MR) is 113 cm³/mol. The molecule has 166 valence electrons. The normalized spacial score (nSPS) is 28.5. The Morgan fingerprint density at radius 1 is 1.06 bits per heavy atom. The molecule has 4 saturated heterocycles. The summed E-state index contributed by atoms with van der Waals surface area (Å²) in [5.74, 6) is -0.172. The Hall–Kier alpha value is -2.29. The van der Waals surface area contributed by atoms with Crippen LogP contribution < -0.4 is 0 Å². The van der Waals surface area contributed by atoms with Crippen LogP contribution in [-0.2, 0) is 20.9 Å². The number of rotatable bonds is 6. The van der Waals surface area contributed by atoms with Gasteiger partial charge in [-0.3, -0.25) is 29.1 Å². The summed E-state index contributed by atoms with van der Waals surface area (Å²) in [5, 5.41) is 10.3. The van der Waals surface area contributed by atoms with Gasteiger partial charge in [0.25, 0.3) is 5.91 Å². The van der Waals surface area contributed by atoms with E-state index < -0.39 is 17.7 Å². The van der Waals surface area contributed by atoms with Crippen molar-refractivity contribution in [3.8, 4) is 0 Å². The van der Waals surface area contributed by atoms with E-state index in [2.05, 4.69) is 17.0 Å². The van der Waals surface area contributed by atoms with Crippen molar-refractivity contribution < 1.29 is 19.5 Å². The monoisotopic (exact) mass is 426 g/mol. The first-order chi connectivity index (χ1) is 15.0. The van der Waals surface area contributed by atoms with E-state index in [-0.39, 0.29) is 17.7 Å². The van der Waals surface area contributed by atoms with Crippen molar-refractivity contribution >= 4 is 17.7 Å². The topological polar surface area (TPSA) is 84.4 Å². The fourth-order valence-corrected chi connectivity index (χ4v) is 5.71. The molecule has 2 atom stereocenters. The summed E-state index contributed by atoms with van der Waals surface area (Å²) in [7, 11) is 0. The predicted octanol–water partition coefficient (Wildman–Crippen LogP) is 0.0575. The van der Waals surface area contributed by atoms with Gasteiger partial charge in [-0.25, -0.2) is 0 Å². The van der Waals surface area contributed by atoms with Crippen LogP contribution in [0.15, 0.2) is 30.3 Å². The number of hydrogen-bond acceptors (Lipinski definition) is 6. The number of aliphatic hydroxyl groups is 1. The van der Waals surface area contributed by atoms with Gasteiger partial charge in [-0.1, -0.05) is 30.3 Å². The van der Waals surface area contributed by atoms with Crippen LogP contribution in [0.1, 0.15) is 31.2 Å². The minimum absolute atomic E-state index is 0.139. The lowest BCUT2D eigenvalue weighted by atomic mass is 9.82. The number of imide groups is 1. The van der Waals surface area contributed by atoms with E-state index in [1.807, 2.05) is 28.0 Å². The molecule has 8 nitrogen and oxygen atoms in total. The molecule has 4 aliphatic rings. The van der Waals surface area contributed by atoms with Crippen LogP contribution in [-0.4, -0.2) is 99.4 Å². The molecule has 0 saturated carbocycles. The summed E-state index contributed by atoms with van der Waals surface area (Å²) in [6.07, 6.45) is 1.88. The van der Waals surface area contributed by atoms with Gasteiger partial charge in [0.1, 0.15) is 5.54 Å². The molecule has 1 aromatic rings. The molecule has 1 N–H and O–H groups in total. The number of piperazine rings is 1. The third kappa shape index (κ3) is 3.56. The molecule has 3 amide bonds. The van der Waals surface area contributed by atoms with Crippen LogP contribution in [0.5, 0.6) is 0 Å². The van der Waals surface area contributed by atoms with E-state index >= 15 is 0 Å². The number of aliphatic hydroxyl groups excluding tert-OH is 1. The van der Waals surface area contributed by atoms with E-state index in [4.69, 9.17) is 0 Å². The largest absolute Gasteiger partial charge is 0.392 e. The van der Waals surface area contributed by atoms with Crippen LogP contribution in [0.3, 0.4) is 0 Å². The average Bonchev–Trinajstić information content (AvgIpc) is 3.32. The average molecular weight is 427 g/mol. The molecule has 4 heterocycles. The van der Waals surface area contributed by atoms with Gasteiger partial charge >= 0.3 is 0 Å². The van der Waals surface area contributed by atoms with E-state index in [1.165, 1.54) is 10.5 Å². The number of hydrogen-bond donors (Lipinski definition) is 1. The van der Waals surface area contributed by atoms with E-state index in [0.29, 0.717) is 52.0 Å². The molecule has 0 aliphatic carbocycles. The maximum Gasteiger partial charge on any atom is 0.252 e. The van der Waals surface area contributed by atoms with Gasteiger partial charge in [-0.2, -0.15) is 0 Å². The van der Waals surface area contributed by atoms with Crippen molar-refractivity contribution in [1.82, 2.24) is 19.6 Å². The molecule has 1 aromatic carbocycles. The molecule has 2 unspecified atom stereocenters. The zero-order chi connectivity index (χ0) is 21.6. The van der Waals surface area contributed by atoms with Gasteiger partial charge in [0, 0.05) is 52.2 Å². The smallest absolute Gasteiger partial charge is 0.252 e. The summed E-state index contributed by atoms with van der Waals surface area (Å²) >= 11 is 0. The fourth-order valence-electron chi connectivity index (χ4n) is 5.71. The second kappa shape index (κ2) is 8.00. The van der Waals surface area contributed by atoms with Crippen molar-refractivity contribution in [1.29, 1.82) is 0 Å². The van der Waals surface area contributed by atoms with Crippen molar-refractivity contribution in [3.05, 3.63) is 35.9 Å². The highest BCUT2D eigenvalue weighted by atomic mass is 16.3. The van der Waals surface area contributed by atoms with E-state index in [1.54, 1.807) is 0 Å². The molecule has 0 bridgehead atoms. The maximum atomic E-state index is 13.6. The number of amides is 3. The molecule has 5 rings (SSSR count). The van der Waals surface area contributed by atoms with E-state index in [9.17, 15) is 19.5 Å². The lowest BCUT2D eigenvalue weighted by Crippen LogP contribution is -2.81. The third-order valence-electron chi connectivity index (χ3n) is 7.22. The van der Waals surface area contributed by atoms with Crippen LogP contribution >= 0.6 is 0 Å². The zero-order valence-electron chi connectivity index (χ0n) is 17.8. The minimum atomic E-state index is -0.728. The standard InChI is InChI=1S/C23H30N4O4/c28-18-12-19-21(30)26(11-5-10-25-9-4-8-20(25)29)22(31)23(27(19)14-18)15-24(16-23)13-17-6-2-1-3-7-17/h1-3,6-7,18-19,28H,4-5,8-16H2. The van der Waals surface area contributed by atoms with Crippen molar-refractivity contribution in [2.24, 2.45) is 0 Å². The number of carbonyl (C=O) groups is 3. The lowest BCUT2D eigenvalue weighted by molar-refractivity contribution is -0.180. The SMILES string of the molecule is O=C1CCCN1CCCN1C(=O)C2CC(O)CN2C2(CN(Cc3ccccc3)C2)C1=O. The minimum Gasteiger partial charge on any atom is -0.392 e. The second-order valence-electron chi connectivity index (χ2n) is 9.35. The first-order valence-electron chi connectivity index (χ1n) is 11.3. The number of likely N-dealkylation sites (tertiary alicyclic amines) is 2. The van der Waals surface area contributed by atoms with Gasteiger partial charge in [-0.05, 0) is 24.8 Å². The highest BCUT2D eigenvalue weighted by Gasteiger charge is 2.64. The molecule has 4 fully saturated rings. The Kier molecular flexibility index (Phi) is 5.32. The molecule has 4 aliphatic heterocycles. The number of fused-ring (bicyclic) bond motifs is 2. The summed E-state index contributed by atoms with van der Waals surface area (Å²) < 4.78 is 0. The fraction of sp³-hybridized carbons (Fsp3) is 0.609. The summed E-state index contributed by atoms with van der Waals surface area (Å²) in [4.78, 5) is 46.0. The second-order valence-corrected chi connectivity index (χ2v) is 9.35. The van der Waals surface area contributed by atoms with Gasteiger partial charge in [0.2, 0.25) is 11.8 Å². The number of β-amino-alcohol motifs (C(OH)–C–C–N with tert-alkyl or cyclic N) is 1. The van der Waals surface area contributed by atoms with Crippen LogP contribution in [0.4, 0.5) is 0 Å². The lowest BCUT2D eigenvalue weighted by Gasteiger charge is -2.58. The zero-order valence-corrected chi connectivity index (χ0v) is 17.8. The number of benzene rings is 1. The summed E-state index contributed by atoms with van der Waals surface area (Å²) in [6, 6.07) is 9.72. The highest BCUT2D eigenvalue weighted by molar-refractivity contribution is 6.06. The van der Waals surface area contributed by atoms with E-state index in [0.717, 1.165) is 19.5 Å². The molecular weight excluding hydrogens is 396 g/mol. The summed E-state index contributed by atoms with van der Waals surface area (Å²) in [6.45, 7) is 3.96. The molecule has 0 aromatic heterocycles. The maximum absolute atomic E-state index is 13.6. The first-order valence-corrected chi connectivity index (χ1v) is 11.3. The van der Waals surface area contributed by atoms with Crippen molar-refractivity contribution in [2.45, 2.75) is 49.9 Å². The van der Waals surface area contributed by atoms with Gasteiger partial charge in [0.05, 0.1) is 12.1 Å². The Balaban J connectivity index is 1.28. The molecule has 8 heteroatoms. The molecule has 31 heavy (non-hydrogen) atoms. The highest BCUT2D eigenvalue weighted by Crippen LogP contribution is 2.40. The number of carbonyl (C=O) groups excluding carboxylic acids is 3. The van der Waals surface area contributed by atoms with Crippen molar-refractivity contribution in [3.63, 3.8) is 0 Å². The Morgan fingerprint density at radius 3 is 2.55 bits per heavy atom. The third-order valence-corrected chi connectivity index (χ3v) is 7.22. The van der Waals surface area contributed by atoms with Crippen LogP contribution in [0, 0.1) is 0 Å². The Morgan fingerprint density at radius 2 is 1.84 bits per heavy atom.